The molecule has 0 spiro atoms. The van der Waals surface area contributed by atoms with Gasteiger partial charge < -0.3 is 10.0 Å². The molecule has 1 aromatic rings. The highest BCUT2D eigenvalue weighted by molar-refractivity contribution is 7.98. The van der Waals surface area contributed by atoms with E-state index >= 15 is 0 Å². The molecular formula is C16H25NO2S. The summed E-state index contributed by atoms with van der Waals surface area (Å²) < 4.78 is 0. The molecule has 0 unspecified atom stereocenters. The van der Waals surface area contributed by atoms with Gasteiger partial charge in [0.15, 0.2) is 0 Å². The molecule has 1 amide bonds. The van der Waals surface area contributed by atoms with Crippen molar-refractivity contribution in [3.8, 4) is 0 Å². The fraction of sp³-hybridized carbons (Fsp3) is 0.562. The minimum Gasteiger partial charge on any atom is -0.389 e. The van der Waals surface area contributed by atoms with Crippen molar-refractivity contribution in [1.82, 2.24) is 4.90 Å². The minimum absolute atomic E-state index is 0.0238. The molecule has 20 heavy (non-hydrogen) atoms. The Bertz CT molecular complexity index is 423. The highest BCUT2D eigenvalue weighted by Gasteiger charge is 2.22. The van der Waals surface area contributed by atoms with Gasteiger partial charge in [-0.2, -0.15) is 11.8 Å². The first-order valence-corrected chi connectivity index (χ1v) is 8.21. The van der Waals surface area contributed by atoms with Crippen molar-refractivity contribution < 1.29 is 9.90 Å². The molecule has 3 nitrogen and oxygen atoms in total. The Hall–Kier alpha value is -1.00. The maximum absolute atomic E-state index is 12.4. The Morgan fingerprint density at radius 3 is 2.30 bits per heavy atom. The van der Waals surface area contributed by atoms with Gasteiger partial charge in [0.1, 0.15) is 0 Å². The van der Waals surface area contributed by atoms with Crippen LogP contribution in [0.3, 0.4) is 0 Å². The summed E-state index contributed by atoms with van der Waals surface area (Å²) in [5.74, 6) is 2.05. The van der Waals surface area contributed by atoms with Gasteiger partial charge in [0.05, 0.1) is 5.60 Å². The summed E-state index contributed by atoms with van der Waals surface area (Å²) in [7, 11) is 0. The fourth-order valence-corrected chi connectivity index (χ4v) is 2.57. The predicted octanol–water partition coefficient (Wildman–Crippen LogP) is 3.17. The molecule has 0 aliphatic carbocycles. The highest BCUT2D eigenvalue weighted by atomic mass is 32.2. The molecule has 0 aliphatic rings. The normalized spacial score (nSPS) is 11.4. The van der Waals surface area contributed by atoms with Crippen LogP contribution < -0.4 is 0 Å². The summed E-state index contributed by atoms with van der Waals surface area (Å²) in [6.07, 6.45) is 0. The molecule has 1 aromatic carbocycles. The molecule has 0 aliphatic heterocycles. The van der Waals surface area contributed by atoms with Crippen molar-refractivity contribution in [2.45, 2.75) is 39.0 Å². The molecule has 0 bridgehead atoms. The van der Waals surface area contributed by atoms with E-state index in [0.29, 0.717) is 18.7 Å². The van der Waals surface area contributed by atoms with Crippen LogP contribution in [0.15, 0.2) is 24.3 Å². The number of thioether (sulfide) groups is 1. The highest BCUT2D eigenvalue weighted by Crippen LogP contribution is 2.15. The summed E-state index contributed by atoms with van der Waals surface area (Å²) >= 11 is 1.87. The van der Waals surface area contributed by atoms with E-state index in [2.05, 4.69) is 6.92 Å². The molecule has 4 heteroatoms. The minimum atomic E-state index is -0.872. The number of rotatable bonds is 7. The Balaban J connectivity index is 2.75. The topological polar surface area (TPSA) is 40.5 Å². The zero-order chi connectivity index (χ0) is 15.2. The quantitative estimate of drug-likeness (QED) is 0.840. The molecular weight excluding hydrogens is 270 g/mol. The number of benzene rings is 1. The van der Waals surface area contributed by atoms with E-state index in [4.69, 9.17) is 0 Å². The number of aliphatic hydroxyl groups is 1. The maximum atomic E-state index is 12.4. The first-order chi connectivity index (χ1) is 9.37. The second kappa shape index (κ2) is 7.70. The van der Waals surface area contributed by atoms with Crippen LogP contribution in [0.4, 0.5) is 0 Å². The van der Waals surface area contributed by atoms with Gasteiger partial charge in [-0.05, 0) is 44.2 Å². The van der Waals surface area contributed by atoms with Gasteiger partial charge in [-0.25, -0.2) is 0 Å². The number of nitrogens with zero attached hydrogens (tertiary/aromatic N) is 1. The van der Waals surface area contributed by atoms with Crippen molar-refractivity contribution in [3.05, 3.63) is 35.4 Å². The zero-order valence-electron chi connectivity index (χ0n) is 12.8. The van der Waals surface area contributed by atoms with Gasteiger partial charge >= 0.3 is 0 Å². The monoisotopic (exact) mass is 295 g/mol. The van der Waals surface area contributed by atoms with Crippen molar-refractivity contribution in [2.75, 3.05) is 18.8 Å². The van der Waals surface area contributed by atoms with Gasteiger partial charge in [-0.3, -0.25) is 4.79 Å². The molecule has 0 fully saturated rings. The van der Waals surface area contributed by atoms with Crippen LogP contribution in [0.2, 0.25) is 0 Å². The number of carbonyl (C=O) groups is 1. The van der Waals surface area contributed by atoms with E-state index in [1.807, 2.05) is 43.0 Å². The number of likely N-dealkylation sites (N-methyl/N-ethyl adjacent to an activating group) is 1. The molecule has 0 saturated carbocycles. The number of hydrogen-bond donors (Lipinski definition) is 1. The standard InChI is InChI=1S/C16H25NO2S/c1-5-17(12-16(3,4)19)15(18)14-9-7-13(8-10-14)11-20-6-2/h7-10,19H,5-6,11-12H2,1-4H3. The first kappa shape index (κ1) is 17.1. The maximum Gasteiger partial charge on any atom is 0.253 e. The third kappa shape index (κ3) is 5.55. The van der Waals surface area contributed by atoms with Crippen LogP contribution in [0.1, 0.15) is 43.6 Å². The summed E-state index contributed by atoms with van der Waals surface area (Å²) in [6.45, 7) is 8.43. The predicted molar refractivity (Wildman–Crippen MR) is 86.2 cm³/mol. The summed E-state index contributed by atoms with van der Waals surface area (Å²) in [6, 6.07) is 7.77. The first-order valence-electron chi connectivity index (χ1n) is 7.05. The van der Waals surface area contributed by atoms with E-state index in [0.717, 1.165) is 11.5 Å². The summed E-state index contributed by atoms with van der Waals surface area (Å²) in [4.78, 5) is 14.1. The Morgan fingerprint density at radius 2 is 1.85 bits per heavy atom. The largest absolute Gasteiger partial charge is 0.389 e. The third-order valence-electron chi connectivity index (χ3n) is 2.92. The van der Waals surface area contributed by atoms with Crippen molar-refractivity contribution in [3.63, 3.8) is 0 Å². The fourth-order valence-electron chi connectivity index (χ4n) is 1.94. The molecule has 1 N–H and O–H groups in total. The van der Waals surface area contributed by atoms with Crippen LogP contribution >= 0.6 is 11.8 Å². The number of carbonyl (C=O) groups excluding carboxylic acids is 1. The lowest BCUT2D eigenvalue weighted by molar-refractivity contribution is 0.0314. The average molecular weight is 295 g/mol. The molecule has 0 atom stereocenters. The van der Waals surface area contributed by atoms with Gasteiger partial charge in [0, 0.05) is 24.4 Å². The van der Waals surface area contributed by atoms with Crippen LogP contribution in [0.25, 0.3) is 0 Å². The molecule has 1 rings (SSSR count). The lowest BCUT2D eigenvalue weighted by Crippen LogP contribution is -2.42. The van der Waals surface area contributed by atoms with Gasteiger partial charge in [-0.15, -0.1) is 0 Å². The number of amides is 1. The van der Waals surface area contributed by atoms with E-state index in [9.17, 15) is 9.90 Å². The Kier molecular flexibility index (Phi) is 6.56. The summed E-state index contributed by atoms with van der Waals surface area (Å²) in [5.41, 5.74) is 1.05. The van der Waals surface area contributed by atoms with Crippen LogP contribution in [-0.4, -0.2) is 40.4 Å². The van der Waals surface area contributed by atoms with Crippen molar-refractivity contribution >= 4 is 17.7 Å². The smallest absolute Gasteiger partial charge is 0.253 e. The lowest BCUT2D eigenvalue weighted by Gasteiger charge is -2.28. The van der Waals surface area contributed by atoms with Gasteiger partial charge in [-0.1, -0.05) is 19.1 Å². The third-order valence-corrected chi connectivity index (χ3v) is 3.87. The molecule has 0 heterocycles. The Labute approximate surface area is 126 Å². The van der Waals surface area contributed by atoms with E-state index in [1.165, 1.54) is 5.56 Å². The molecule has 0 radical (unpaired) electrons. The van der Waals surface area contributed by atoms with E-state index < -0.39 is 5.60 Å². The van der Waals surface area contributed by atoms with Crippen molar-refractivity contribution in [2.24, 2.45) is 0 Å². The molecule has 0 aromatic heterocycles. The van der Waals surface area contributed by atoms with Crippen molar-refractivity contribution in [1.29, 1.82) is 0 Å². The molecule has 0 saturated heterocycles. The zero-order valence-corrected chi connectivity index (χ0v) is 13.7. The average Bonchev–Trinajstić information content (AvgIpc) is 2.41. The van der Waals surface area contributed by atoms with Crippen LogP contribution in [0, 0.1) is 0 Å². The lowest BCUT2D eigenvalue weighted by atomic mass is 10.1. The second-order valence-electron chi connectivity index (χ2n) is 5.47. The van der Waals surface area contributed by atoms with Crippen LogP contribution in [-0.2, 0) is 5.75 Å². The SMILES string of the molecule is CCSCc1ccc(C(=O)N(CC)CC(C)(C)O)cc1. The van der Waals surface area contributed by atoms with E-state index in [-0.39, 0.29) is 5.91 Å². The van der Waals surface area contributed by atoms with Gasteiger partial charge in [0.2, 0.25) is 0 Å². The summed E-state index contributed by atoms with van der Waals surface area (Å²) in [5, 5.41) is 9.86. The molecule has 112 valence electrons. The number of hydrogen-bond acceptors (Lipinski definition) is 3. The van der Waals surface area contributed by atoms with Gasteiger partial charge in [0.25, 0.3) is 5.91 Å². The second-order valence-corrected chi connectivity index (χ2v) is 6.74. The van der Waals surface area contributed by atoms with Crippen LogP contribution in [0.5, 0.6) is 0 Å². The van der Waals surface area contributed by atoms with E-state index in [1.54, 1.807) is 18.7 Å². The Morgan fingerprint density at radius 1 is 1.25 bits per heavy atom.